The van der Waals surface area contributed by atoms with Gasteiger partial charge in [-0.1, -0.05) is 50.7 Å². The molecule has 3 aliphatic carbocycles. The smallest absolute Gasteiger partial charge is 0.253 e. The summed E-state index contributed by atoms with van der Waals surface area (Å²) in [7, 11) is 2.31. The molecule has 3 saturated carbocycles. The van der Waals surface area contributed by atoms with Crippen LogP contribution in [0.15, 0.2) is 24.3 Å². The molecule has 220 valence electrons. The molecule has 2 amide bonds. The van der Waals surface area contributed by atoms with Gasteiger partial charge < -0.3 is 14.9 Å². The lowest BCUT2D eigenvalue weighted by atomic mass is 9.63. The Bertz CT molecular complexity index is 1040. The first kappa shape index (κ1) is 28.2. The minimum Gasteiger partial charge on any atom is -0.395 e. The van der Waals surface area contributed by atoms with Crippen LogP contribution in [0.3, 0.4) is 0 Å². The van der Waals surface area contributed by atoms with Gasteiger partial charge >= 0.3 is 0 Å². The number of hydrogen-bond donors (Lipinski definition) is 2. The monoisotopic (exact) mass is 550 g/mol. The molecule has 2 N–H and O–H groups in total. The van der Waals surface area contributed by atoms with Crippen LogP contribution in [0.25, 0.3) is 0 Å². The molecule has 2 aliphatic heterocycles. The second-order valence-corrected chi connectivity index (χ2v) is 13.7. The van der Waals surface area contributed by atoms with Crippen LogP contribution < -0.4 is 5.32 Å². The number of amides is 2. The van der Waals surface area contributed by atoms with Crippen LogP contribution in [0, 0.1) is 11.3 Å². The molecule has 0 spiro atoms. The van der Waals surface area contributed by atoms with Crippen molar-refractivity contribution in [3.8, 4) is 0 Å². The third-order valence-corrected chi connectivity index (χ3v) is 11.3. The fraction of sp³-hybridized carbons (Fsp3) is 0.758. The number of aliphatic hydroxyl groups excluding tert-OH is 1. The fourth-order valence-corrected chi connectivity index (χ4v) is 8.58. The Balaban J connectivity index is 1.10. The number of nitrogens with one attached hydrogen (secondary N) is 1. The van der Waals surface area contributed by atoms with Crippen LogP contribution in [0.5, 0.6) is 0 Å². The minimum absolute atomic E-state index is 0.0618. The number of likely N-dealkylation sites (N-methyl/N-ethyl adjacent to an activating group) is 1. The van der Waals surface area contributed by atoms with Gasteiger partial charge in [0.05, 0.1) is 12.0 Å². The normalized spacial score (nSPS) is 31.6. The zero-order valence-corrected chi connectivity index (χ0v) is 24.6. The molecule has 5 fully saturated rings. The topological polar surface area (TPSA) is 76.1 Å². The second kappa shape index (κ2) is 11.7. The molecular weight excluding hydrogens is 500 g/mol. The third-order valence-electron chi connectivity index (χ3n) is 11.3. The van der Waals surface area contributed by atoms with Crippen molar-refractivity contribution >= 4 is 11.8 Å². The van der Waals surface area contributed by atoms with Crippen molar-refractivity contribution in [1.82, 2.24) is 20.0 Å². The number of fused-ring (bicyclic) bond motifs is 1. The van der Waals surface area contributed by atoms with Crippen molar-refractivity contribution in [1.29, 1.82) is 0 Å². The van der Waals surface area contributed by atoms with Crippen molar-refractivity contribution in [3.63, 3.8) is 0 Å². The average molecular weight is 551 g/mol. The number of nitrogens with zero attached hydrogens (tertiary/aromatic N) is 3. The van der Waals surface area contributed by atoms with Gasteiger partial charge in [-0.2, -0.15) is 0 Å². The lowest BCUT2D eigenvalue weighted by Crippen LogP contribution is -2.58. The highest BCUT2D eigenvalue weighted by Gasteiger charge is 2.54. The lowest BCUT2D eigenvalue weighted by Gasteiger charge is -2.49. The number of piperazine rings is 1. The van der Waals surface area contributed by atoms with E-state index in [1.54, 1.807) is 0 Å². The first-order valence-corrected chi connectivity index (χ1v) is 16.2. The maximum atomic E-state index is 13.3. The van der Waals surface area contributed by atoms with E-state index in [0.717, 1.165) is 31.0 Å². The van der Waals surface area contributed by atoms with E-state index in [4.69, 9.17) is 0 Å². The zero-order chi connectivity index (χ0) is 27.7. The van der Waals surface area contributed by atoms with E-state index in [-0.39, 0.29) is 24.0 Å². The number of rotatable bonds is 5. The summed E-state index contributed by atoms with van der Waals surface area (Å²) in [5.74, 6) is 1.41. The van der Waals surface area contributed by atoms with Crippen molar-refractivity contribution in [2.24, 2.45) is 11.3 Å². The zero-order valence-electron chi connectivity index (χ0n) is 24.6. The Hall–Kier alpha value is -1.96. The fourth-order valence-electron chi connectivity index (χ4n) is 8.58. The van der Waals surface area contributed by atoms with Crippen LogP contribution in [0.1, 0.15) is 105 Å². The van der Waals surface area contributed by atoms with E-state index in [1.807, 2.05) is 21.9 Å². The molecule has 3 atom stereocenters. The summed E-state index contributed by atoms with van der Waals surface area (Å²) in [4.78, 5) is 32.4. The molecule has 7 heteroatoms. The van der Waals surface area contributed by atoms with Gasteiger partial charge in [0.25, 0.3) is 5.91 Å². The Kier molecular flexibility index (Phi) is 8.26. The number of aliphatic hydroxyl groups is 1. The van der Waals surface area contributed by atoms with E-state index < -0.39 is 5.41 Å². The second-order valence-electron chi connectivity index (χ2n) is 13.7. The highest BCUT2D eigenvalue weighted by molar-refractivity contribution is 5.94. The van der Waals surface area contributed by atoms with E-state index >= 15 is 0 Å². The molecule has 40 heavy (non-hydrogen) atoms. The molecule has 1 aromatic carbocycles. The quantitative estimate of drug-likeness (QED) is 0.570. The summed E-state index contributed by atoms with van der Waals surface area (Å²) in [5, 5.41) is 13.7. The predicted molar refractivity (Wildman–Crippen MR) is 157 cm³/mol. The van der Waals surface area contributed by atoms with Crippen molar-refractivity contribution in [2.75, 3.05) is 46.5 Å². The van der Waals surface area contributed by atoms with Gasteiger partial charge in [0.1, 0.15) is 0 Å². The standard InChI is InChI=1S/C33H50N4O3/c1-35-24-34-33(28-8-6-4-2-3-5-7-9-28)22-27(14-15-29(33)35)25-10-12-26(13-11-25)30(39)36-18-20-37(21-19-36)31(40)32(23-38)16-17-32/h10-13,27-29,34,38H,2-9,14-24H2,1H3. The van der Waals surface area contributed by atoms with Crippen molar-refractivity contribution in [2.45, 2.75) is 101 Å². The lowest BCUT2D eigenvalue weighted by molar-refractivity contribution is -0.140. The van der Waals surface area contributed by atoms with Gasteiger partial charge in [0.15, 0.2) is 0 Å². The van der Waals surface area contributed by atoms with Crippen LogP contribution in [0.4, 0.5) is 0 Å². The van der Waals surface area contributed by atoms with Crippen molar-refractivity contribution < 1.29 is 14.7 Å². The summed E-state index contributed by atoms with van der Waals surface area (Å²) in [5.41, 5.74) is 1.81. The van der Waals surface area contributed by atoms with Gasteiger partial charge in [-0.3, -0.25) is 19.8 Å². The molecule has 2 saturated heterocycles. The summed E-state index contributed by atoms with van der Waals surface area (Å²) in [6.45, 7) is 3.16. The minimum atomic E-state index is -0.530. The highest BCUT2D eigenvalue weighted by Crippen LogP contribution is 2.49. The summed E-state index contributed by atoms with van der Waals surface area (Å²) in [6, 6.07) is 9.13. The molecule has 2 heterocycles. The van der Waals surface area contributed by atoms with Gasteiger partial charge in [0.2, 0.25) is 5.91 Å². The third kappa shape index (κ3) is 5.34. The first-order valence-electron chi connectivity index (χ1n) is 16.2. The van der Waals surface area contributed by atoms with Gasteiger partial charge in [-0.15, -0.1) is 0 Å². The largest absolute Gasteiger partial charge is 0.395 e. The van der Waals surface area contributed by atoms with Crippen LogP contribution in [-0.4, -0.2) is 89.7 Å². The summed E-state index contributed by atoms with van der Waals surface area (Å²) < 4.78 is 0. The van der Waals surface area contributed by atoms with Crippen LogP contribution >= 0.6 is 0 Å². The molecule has 7 nitrogen and oxygen atoms in total. The average Bonchev–Trinajstić information content (AvgIpc) is 3.70. The molecule has 5 aliphatic rings. The van der Waals surface area contributed by atoms with Crippen LogP contribution in [0.2, 0.25) is 0 Å². The molecule has 1 aromatic rings. The maximum Gasteiger partial charge on any atom is 0.253 e. The van der Waals surface area contributed by atoms with Crippen molar-refractivity contribution in [3.05, 3.63) is 35.4 Å². The number of hydrogen-bond acceptors (Lipinski definition) is 5. The Morgan fingerprint density at radius 3 is 2.12 bits per heavy atom. The number of benzene rings is 1. The van der Waals surface area contributed by atoms with E-state index in [9.17, 15) is 14.7 Å². The number of carbonyl (C=O) groups is 2. The van der Waals surface area contributed by atoms with E-state index in [2.05, 4.69) is 29.4 Å². The van der Waals surface area contributed by atoms with Gasteiger partial charge in [-0.05, 0) is 81.5 Å². The highest BCUT2D eigenvalue weighted by atomic mass is 16.3. The Morgan fingerprint density at radius 1 is 0.875 bits per heavy atom. The van der Waals surface area contributed by atoms with E-state index in [1.165, 1.54) is 76.2 Å². The predicted octanol–water partition coefficient (Wildman–Crippen LogP) is 4.36. The van der Waals surface area contributed by atoms with Crippen LogP contribution in [-0.2, 0) is 4.79 Å². The Labute approximate surface area is 240 Å². The summed E-state index contributed by atoms with van der Waals surface area (Å²) >= 11 is 0. The maximum absolute atomic E-state index is 13.3. The molecule has 3 unspecified atom stereocenters. The molecule has 0 radical (unpaired) electrons. The molecule has 0 bridgehead atoms. The summed E-state index contributed by atoms with van der Waals surface area (Å²) in [6.07, 6.45) is 16.3. The molecule has 0 aromatic heterocycles. The Morgan fingerprint density at radius 2 is 1.50 bits per heavy atom. The van der Waals surface area contributed by atoms with E-state index in [0.29, 0.717) is 38.1 Å². The SMILES string of the molecule is CN1CNC2(C3CCCCCCCC3)CC(c3ccc(C(=O)N4CCN(C(=O)C5(CO)CC5)CC4)cc3)CCC12. The number of carbonyl (C=O) groups excluding carboxylic acids is 2. The first-order chi connectivity index (χ1) is 19.5. The van der Waals surface area contributed by atoms with Gasteiger partial charge in [0, 0.05) is 50.0 Å². The molecule has 6 rings (SSSR count). The molecular formula is C33H50N4O3. The van der Waals surface area contributed by atoms with Gasteiger partial charge in [-0.25, -0.2) is 0 Å².